The number of fused-ring (bicyclic) bond motifs is 1. The molecule has 1 aromatic rings. The molecule has 0 radical (unpaired) electrons. The van der Waals surface area contributed by atoms with E-state index in [1.807, 2.05) is 26.1 Å². The average Bonchev–Trinajstić information content (AvgIpc) is 2.45. The highest BCUT2D eigenvalue weighted by Gasteiger charge is 2.06. The van der Waals surface area contributed by atoms with Gasteiger partial charge in [-0.1, -0.05) is 13.8 Å². The largest absolute Gasteiger partial charge is 0.260 e. The number of nitrogens with zero attached hydrogens (tertiary/aromatic N) is 1. The van der Waals surface area contributed by atoms with Crippen molar-refractivity contribution in [2.45, 2.75) is 31.6 Å². The van der Waals surface area contributed by atoms with Crippen LogP contribution in [0.5, 0.6) is 0 Å². The molecule has 3 heteroatoms. The lowest BCUT2D eigenvalue weighted by molar-refractivity contribution is 0.785. The third-order valence-electron chi connectivity index (χ3n) is 1.72. The Hall–Kier alpha value is -0.540. The molecular formula is C10H16N2S. The van der Waals surface area contributed by atoms with Crippen LogP contribution in [-0.4, -0.2) is 11.5 Å². The molecule has 72 valence electrons. The maximum absolute atomic E-state index is 4.32. The molecule has 2 rings (SSSR count). The van der Waals surface area contributed by atoms with Gasteiger partial charge in [0.1, 0.15) is 0 Å². The number of pyridine rings is 1. The summed E-state index contributed by atoms with van der Waals surface area (Å²) < 4.78 is 3.28. The molecule has 0 unspecified atom stereocenters. The highest BCUT2D eigenvalue weighted by molar-refractivity contribution is 7.97. The first kappa shape index (κ1) is 10.5. The third kappa shape index (κ3) is 3.01. The minimum absolute atomic E-state index is 1.08. The first-order valence-electron chi connectivity index (χ1n) is 4.80. The number of rotatable bonds is 0. The molecule has 0 saturated carbocycles. The van der Waals surface area contributed by atoms with Crippen molar-refractivity contribution < 1.29 is 0 Å². The second kappa shape index (κ2) is 6.00. The van der Waals surface area contributed by atoms with Crippen molar-refractivity contribution >= 4 is 11.9 Å². The van der Waals surface area contributed by atoms with Crippen LogP contribution in [0, 0.1) is 0 Å². The third-order valence-corrected chi connectivity index (χ3v) is 2.66. The van der Waals surface area contributed by atoms with Gasteiger partial charge in [-0.3, -0.25) is 9.71 Å². The van der Waals surface area contributed by atoms with E-state index in [1.165, 1.54) is 17.0 Å². The summed E-state index contributed by atoms with van der Waals surface area (Å²) in [7, 11) is 0. The fourth-order valence-corrected chi connectivity index (χ4v) is 1.98. The number of hydrogen-bond donors (Lipinski definition) is 1. The van der Waals surface area contributed by atoms with E-state index in [0.717, 1.165) is 13.0 Å². The molecule has 1 aliphatic rings. The molecule has 1 N–H and O–H groups in total. The predicted molar refractivity (Wildman–Crippen MR) is 57.8 cm³/mol. The lowest BCUT2D eigenvalue weighted by Gasteiger charge is -2.00. The number of aryl methyl sites for hydroxylation is 1. The molecule has 13 heavy (non-hydrogen) atoms. The van der Waals surface area contributed by atoms with Gasteiger partial charge in [0.2, 0.25) is 0 Å². The van der Waals surface area contributed by atoms with E-state index in [1.54, 1.807) is 11.9 Å². The van der Waals surface area contributed by atoms with Crippen LogP contribution in [0.4, 0.5) is 0 Å². The molecule has 0 spiro atoms. The fourth-order valence-electron chi connectivity index (χ4n) is 1.16. The van der Waals surface area contributed by atoms with E-state index in [2.05, 4.69) is 15.8 Å². The SMILES string of the molecule is CC.c1cnc2c(c1)SNCCC2. The first-order chi connectivity index (χ1) is 6.47. The number of aromatic nitrogens is 1. The molecule has 0 amide bonds. The van der Waals surface area contributed by atoms with Gasteiger partial charge < -0.3 is 0 Å². The molecule has 0 aromatic carbocycles. The average molecular weight is 196 g/mol. The lowest BCUT2D eigenvalue weighted by atomic mass is 10.2. The summed E-state index contributed by atoms with van der Waals surface area (Å²) in [4.78, 5) is 5.60. The summed E-state index contributed by atoms with van der Waals surface area (Å²) in [5.41, 5.74) is 1.24. The van der Waals surface area contributed by atoms with Gasteiger partial charge in [-0.25, -0.2) is 0 Å². The topological polar surface area (TPSA) is 24.9 Å². The molecule has 0 aliphatic carbocycles. The summed E-state index contributed by atoms with van der Waals surface area (Å²) in [6.07, 6.45) is 4.16. The standard InChI is InChI=1S/C8H10N2S.C2H6/c1-3-7-8(11-10-6-1)4-2-5-9-7;1-2/h2,4-5,10H,1,3,6H2;1-2H3. The van der Waals surface area contributed by atoms with Gasteiger partial charge in [-0.15, -0.1) is 0 Å². The molecule has 1 aromatic heterocycles. The van der Waals surface area contributed by atoms with Gasteiger partial charge >= 0.3 is 0 Å². The Morgan fingerprint density at radius 3 is 3.15 bits per heavy atom. The molecule has 0 fully saturated rings. The smallest absolute Gasteiger partial charge is 0.0552 e. The van der Waals surface area contributed by atoms with Crippen LogP contribution in [0.1, 0.15) is 26.0 Å². The van der Waals surface area contributed by atoms with E-state index >= 15 is 0 Å². The normalized spacial score (nSPS) is 14.9. The highest BCUT2D eigenvalue weighted by Crippen LogP contribution is 2.21. The van der Waals surface area contributed by atoms with Crippen molar-refractivity contribution in [1.29, 1.82) is 0 Å². The molecule has 2 heterocycles. The van der Waals surface area contributed by atoms with E-state index in [-0.39, 0.29) is 0 Å². The Morgan fingerprint density at radius 1 is 1.46 bits per heavy atom. The van der Waals surface area contributed by atoms with Gasteiger partial charge in [0.05, 0.1) is 5.69 Å². The summed E-state index contributed by atoms with van der Waals surface area (Å²) in [6.45, 7) is 5.08. The van der Waals surface area contributed by atoms with Crippen LogP contribution in [0.3, 0.4) is 0 Å². The van der Waals surface area contributed by atoms with Crippen LogP contribution in [0.25, 0.3) is 0 Å². The molecule has 0 atom stereocenters. The van der Waals surface area contributed by atoms with Crippen molar-refractivity contribution in [3.63, 3.8) is 0 Å². The Morgan fingerprint density at radius 2 is 2.31 bits per heavy atom. The van der Waals surface area contributed by atoms with Crippen LogP contribution >= 0.6 is 11.9 Å². The van der Waals surface area contributed by atoms with Crippen molar-refractivity contribution in [3.05, 3.63) is 24.0 Å². The van der Waals surface area contributed by atoms with E-state index in [0.29, 0.717) is 0 Å². The molecule has 2 nitrogen and oxygen atoms in total. The van der Waals surface area contributed by atoms with Crippen LogP contribution in [0.2, 0.25) is 0 Å². The Labute approximate surface area is 84.3 Å². The molecule has 0 saturated heterocycles. The Balaban J connectivity index is 0.000000396. The van der Waals surface area contributed by atoms with Crippen molar-refractivity contribution in [3.8, 4) is 0 Å². The monoisotopic (exact) mass is 196 g/mol. The van der Waals surface area contributed by atoms with Crippen molar-refractivity contribution in [1.82, 2.24) is 9.71 Å². The number of nitrogens with one attached hydrogen (secondary N) is 1. The van der Waals surface area contributed by atoms with Crippen molar-refractivity contribution in [2.75, 3.05) is 6.54 Å². The summed E-state index contributed by atoms with van der Waals surface area (Å²) in [5.74, 6) is 0. The number of hydrogen-bond acceptors (Lipinski definition) is 3. The molecular weight excluding hydrogens is 180 g/mol. The second-order valence-corrected chi connectivity index (χ2v) is 3.48. The van der Waals surface area contributed by atoms with Gasteiger partial charge in [0.25, 0.3) is 0 Å². The minimum Gasteiger partial charge on any atom is -0.260 e. The summed E-state index contributed by atoms with van der Waals surface area (Å²) in [6, 6.07) is 4.10. The van der Waals surface area contributed by atoms with Gasteiger partial charge in [0, 0.05) is 17.6 Å². The van der Waals surface area contributed by atoms with E-state index < -0.39 is 0 Å². The zero-order valence-electron chi connectivity index (χ0n) is 8.21. The minimum atomic E-state index is 1.08. The molecule has 0 bridgehead atoms. The second-order valence-electron chi connectivity index (χ2n) is 2.55. The summed E-state index contributed by atoms with van der Waals surface area (Å²) in [5, 5.41) is 0. The van der Waals surface area contributed by atoms with E-state index in [9.17, 15) is 0 Å². The zero-order valence-corrected chi connectivity index (χ0v) is 9.03. The predicted octanol–water partition coefficient (Wildman–Crippen LogP) is 2.65. The van der Waals surface area contributed by atoms with Crippen LogP contribution < -0.4 is 4.72 Å². The molecule has 1 aliphatic heterocycles. The quantitative estimate of drug-likeness (QED) is 0.646. The zero-order chi connectivity index (χ0) is 9.52. The Bertz CT molecular complexity index is 225. The van der Waals surface area contributed by atoms with Gasteiger partial charge in [0.15, 0.2) is 0 Å². The summed E-state index contributed by atoms with van der Waals surface area (Å²) >= 11 is 1.70. The highest BCUT2D eigenvalue weighted by atomic mass is 32.2. The first-order valence-corrected chi connectivity index (χ1v) is 5.62. The van der Waals surface area contributed by atoms with E-state index in [4.69, 9.17) is 0 Å². The fraction of sp³-hybridized carbons (Fsp3) is 0.500. The van der Waals surface area contributed by atoms with Gasteiger partial charge in [-0.05, 0) is 36.9 Å². The van der Waals surface area contributed by atoms with Crippen molar-refractivity contribution in [2.24, 2.45) is 0 Å². The lowest BCUT2D eigenvalue weighted by Crippen LogP contribution is -2.01. The van der Waals surface area contributed by atoms with Crippen LogP contribution in [-0.2, 0) is 6.42 Å². The van der Waals surface area contributed by atoms with Gasteiger partial charge in [-0.2, -0.15) is 0 Å². The maximum Gasteiger partial charge on any atom is 0.0552 e. The Kier molecular flexibility index (Phi) is 4.86. The van der Waals surface area contributed by atoms with Crippen LogP contribution in [0.15, 0.2) is 23.2 Å². The maximum atomic E-state index is 4.32.